The van der Waals surface area contributed by atoms with Crippen LogP contribution in [0.4, 0.5) is 0 Å². The minimum Gasteiger partial charge on any atom is -0.493 e. The van der Waals surface area contributed by atoms with Crippen molar-refractivity contribution in [3.05, 3.63) is 36.8 Å². The van der Waals surface area contributed by atoms with Gasteiger partial charge in [-0.2, -0.15) is 0 Å². The molecule has 0 unspecified atom stereocenters. The highest BCUT2D eigenvalue weighted by Gasteiger charge is 1.95. The van der Waals surface area contributed by atoms with E-state index in [1.165, 1.54) is 5.56 Å². The standard InChI is InChI=1S/C11H15O/c1-3-4-9-12-11-8-6-5-7-10(11)2/h5-8H,1,3-4,9H2,2H3. The predicted molar refractivity (Wildman–Crippen MR) is 51.3 cm³/mol. The number of ether oxygens (including phenoxy) is 1. The molecular weight excluding hydrogens is 148 g/mol. The average molecular weight is 163 g/mol. The van der Waals surface area contributed by atoms with Gasteiger partial charge in [-0.25, -0.2) is 0 Å². The summed E-state index contributed by atoms with van der Waals surface area (Å²) in [6.45, 7) is 6.59. The van der Waals surface area contributed by atoms with Crippen molar-refractivity contribution in [2.45, 2.75) is 19.8 Å². The van der Waals surface area contributed by atoms with E-state index in [-0.39, 0.29) is 0 Å². The highest BCUT2D eigenvalue weighted by Crippen LogP contribution is 2.16. The Balaban J connectivity index is 2.46. The Morgan fingerprint density at radius 3 is 2.75 bits per heavy atom. The molecule has 12 heavy (non-hydrogen) atoms. The van der Waals surface area contributed by atoms with Crippen molar-refractivity contribution in [2.75, 3.05) is 6.61 Å². The first-order chi connectivity index (χ1) is 5.84. The van der Waals surface area contributed by atoms with Gasteiger partial charge < -0.3 is 4.74 Å². The molecule has 1 aromatic rings. The number of benzene rings is 1. The molecular formula is C11H15O. The van der Waals surface area contributed by atoms with Crippen LogP contribution in [0.15, 0.2) is 24.3 Å². The summed E-state index contributed by atoms with van der Waals surface area (Å²) in [5.74, 6) is 0.992. The molecule has 0 aliphatic heterocycles. The summed E-state index contributed by atoms with van der Waals surface area (Å²) in [5.41, 5.74) is 1.20. The molecule has 1 nitrogen and oxygen atoms in total. The van der Waals surface area contributed by atoms with Crippen molar-refractivity contribution in [2.24, 2.45) is 0 Å². The van der Waals surface area contributed by atoms with Crippen LogP contribution in [0.25, 0.3) is 0 Å². The van der Waals surface area contributed by atoms with E-state index in [4.69, 9.17) is 4.74 Å². The number of unbranched alkanes of at least 4 members (excludes halogenated alkanes) is 1. The lowest BCUT2D eigenvalue weighted by molar-refractivity contribution is 0.310. The fourth-order valence-electron chi connectivity index (χ4n) is 1.00. The van der Waals surface area contributed by atoms with Crippen LogP contribution < -0.4 is 4.74 Å². The molecule has 1 heteroatoms. The normalized spacial score (nSPS) is 9.83. The second-order valence-electron chi connectivity index (χ2n) is 2.82. The Morgan fingerprint density at radius 2 is 2.08 bits per heavy atom. The third-order valence-electron chi connectivity index (χ3n) is 1.75. The smallest absolute Gasteiger partial charge is 0.122 e. The van der Waals surface area contributed by atoms with Crippen LogP contribution in [-0.4, -0.2) is 6.61 Å². The Hall–Kier alpha value is -0.980. The van der Waals surface area contributed by atoms with E-state index in [2.05, 4.69) is 19.9 Å². The van der Waals surface area contributed by atoms with Crippen LogP contribution in [0, 0.1) is 13.8 Å². The first kappa shape index (κ1) is 9.11. The van der Waals surface area contributed by atoms with Gasteiger partial charge in [0.2, 0.25) is 0 Å². The summed E-state index contributed by atoms with van der Waals surface area (Å²) in [6, 6.07) is 8.06. The second-order valence-corrected chi connectivity index (χ2v) is 2.82. The van der Waals surface area contributed by atoms with Gasteiger partial charge in [-0.3, -0.25) is 0 Å². The van der Waals surface area contributed by atoms with E-state index in [0.29, 0.717) is 0 Å². The highest BCUT2D eigenvalue weighted by molar-refractivity contribution is 5.31. The van der Waals surface area contributed by atoms with Gasteiger partial charge in [0.25, 0.3) is 0 Å². The van der Waals surface area contributed by atoms with Crippen molar-refractivity contribution in [1.82, 2.24) is 0 Å². The van der Waals surface area contributed by atoms with Crippen LogP contribution in [-0.2, 0) is 0 Å². The molecule has 0 atom stereocenters. The summed E-state index contributed by atoms with van der Waals surface area (Å²) < 4.78 is 5.54. The monoisotopic (exact) mass is 163 g/mol. The lowest BCUT2D eigenvalue weighted by atomic mass is 10.2. The van der Waals surface area contributed by atoms with Crippen molar-refractivity contribution >= 4 is 0 Å². The van der Waals surface area contributed by atoms with E-state index in [0.717, 1.165) is 25.2 Å². The zero-order chi connectivity index (χ0) is 8.81. The zero-order valence-corrected chi connectivity index (χ0v) is 7.55. The molecule has 0 N–H and O–H groups in total. The molecule has 0 amide bonds. The van der Waals surface area contributed by atoms with Gasteiger partial charge in [0.15, 0.2) is 0 Å². The summed E-state index contributed by atoms with van der Waals surface area (Å²) in [7, 11) is 0. The topological polar surface area (TPSA) is 9.23 Å². The highest BCUT2D eigenvalue weighted by atomic mass is 16.5. The number of hydrogen-bond donors (Lipinski definition) is 0. The number of aryl methyl sites for hydroxylation is 1. The molecule has 0 aromatic heterocycles. The third kappa shape index (κ3) is 2.57. The summed E-state index contributed by atoms with van der Waals surface area (Å²) in [5, 5.41) is 0. The first-order valence-electron chi connectivity index (χ1n) is 4.32. The fourth-order valence-corrected chi connectivity index (χ4v) is 1.00. The molecule has 0 heterocycles. The lowest BCUT2D eigenvalue weighted by Gasteiger charge is -2.07. The van der Waals surface area contributed by atoms with Crippen LogP contribution in [0.1, 0.15) is 18.4 Å². The van der Waals surface area contributed by atoms with E-state index < -0.39 is 0 Å². The van der Waals surface area contributed by atoms with Crippen molar-refractivity contribution < 1.29 is 4.74 Å². The van der Waals surface area contributed by atoms with Gasteiger partial charge in [0.1, 0.15) is 5.75 Å². The first-order valence-corrected chi connectivity index (χ1v) is 4.32. The molecule has 0 aliphatic carbocycles. The molecule has 0 bridgehead atoms. The molecule has 65 valence electrons. The Morgan fingerprint density at radius 1 is 1.33 bits per heavy atom. The fraction of sp³-hybridized carbons (Fsp3) is 0.364. The number of para-hydroxylation sites is 1. The van der Waals surface area contributed by atoms with Gasteiger partial charge in [0.05, 0.1) is 6.61 Å². The van der Waals surface area contributed by atoms with E-state index in [9.17, 15) is 0 Å². The van der Waals surface area contributed by atoms with Crippen molar-refractivity contribution in [3.63, 3.8) is 0 Å². The van der Waals surface area contributed by atoms with Gasteiger partial charge in [-0.05, 0) is 25.0 Å². The molecule has 0 fully saturated rings. The lowest BCUT2D eigenvalue weighted by Crippen LogP contribution is -1.97. The number of hydrogen-bond acceptors (Lipinski definition) is 1. The summed E-state index contributed by atoms with van der Waals surface area (Å²) in [4.78, 5) is 0. The van der Waals surface area contributed by atoms with Gasteiger partial charge >= 0.3 is 0 Å². The van der Waals surface area contributed by atoms with Crippen LogP contribution >= 0.6 is 0 Å². The third-order valence-corrected chi connectivity index (χ3v) is 1.75. The van der Waals surface area contributed by atoms with E-state index in [1.54, 1.807) is 0 Å². The maximum Gasteiger partial charge on any atom is 0.122 e. The maximum atomic E-state index is 5.54. The molecule has 1 aromatic carbocycles. The minimum absolute atomic E-state index is 0.772. The minimum atomic E-state index is 0.772. The quantitative estimate of drug-likeness (QED) is 0.620. The van der Waals surface area contributed by atoms with Gasteiger partial charge in [-0.1, -0.05) is 31.5 Å². The molecule has 0 aliphatic rings. The second kappa shape index (κ2) is 4.81. The zero-order valence-electron chi connectivity index (χ0n) is 7.55. The Kier molecular flexibility index (Phi) is 3.65. The van der Waals surface area contributed by atoms with Crippen LogP contribution in [0.2, 0.25) is 0 Å². The Bertz CT molecular complexity index is 230. The Labute approximate surface area is 74.4 Å². The van der Waals surface area contributed by atoms with Crippen molar-refractivity contribution in [1.29, 1.82) is 0 Å². The van der Waals surface area contributed by atoms with Crippen LogP contribution in [0.5, 0.6) is 5.75 Å². The average Bonchev–Trinajstić information content (AvgIpc) is 2.09. The van der Waals surface area contributed by atoms with Crippen LogP contribution in [0.3, 0.4) is 0 Å². The van der Waals surface area contributed by atoms with Crippen molar-refractivity contribution in [3.8, 4) is 5.75 Å². The van der Waals surface area contributed by atoms with E-state index >= 15 is 0 Å². The summed E-state index contributed by atoms with van der Waals surface area (Å²) >= 11 is 0. The van der Waals surface area contributed by atoms with Gasteiger partial charge in [0, 0.05) is 0 Å². The molecule has 1 radical (unpaired) electrons. The molecule has 0 saturated carbocycles. The number of rotatable bonds is 4. The molecule has 0 spiro atoms. The molecule has 1 rings (SSSR count). The SMILES string of the molecule is [CH2]CCCOc1ccccc1C. The largest absolute Gasteiger partial charge is 0.493 e. The summed E-state index contributed by atoms with van der Waals surface area (Å²) in [6.07, 6.45) is 1.96. The molecule has 0 saturated heterocycles. The van der Waals surface area contributed by atoms with Gasteiger partial charge in [-0.15, -0.1) is 0 Å². The predicted octanol–water partition coefficient (Wildman–Crippen LogP) is 2.99. The van der Waals surface area contributed by atoms with E-state index in [1.807, 2.05) is 18.2 Å². The maximum absolute atomic E-state index is 5.54.